The topological polar surface area (TPSA) is 138 Å². The van der Waals surface area contributed by atoms with Crippen LogP contribution in [0.3, 0.4) is 0 Å². The molecule has 0 radical (unpaired) electrons. The summed E-state index contributed by atoms with van der Waals surface area (Å²) in [5.41, 5.74) is 0. The van der Waals surface area contributed by atoms with Gasteiger partial charge in [-0.05, 0) is 6.42 Å². The smallest absolute Gasteiger partial charge is 1.00 e. The molecule has 0 spiro atoms. The van der Waals surface area contributed by atoms with E-state index in [0.29, 0.717) is 18.6 Å². The molecule has 0 aromatic heterocycles. The maximum absolute atomic E-state index is 10.2. The predicted octanol–water partition coefficient (Wildman–Crippen LogP) is 0.555. The molecule has 0 rings (SSSR count). The Labute approximate surface area is 179 Å². The van der Waals surface area contributed by atoms with Crippen molar-refractivity contribution in [3.05, 3.63) is 12.2 Å². The zero-order valence-electron chi connectivity index (χ0n) is 16.7. The molecule has 150 valence electrons. The van der Waals surface area contributed by atoms with Gasteiger partial charge in [-0.15, -0.1) is 0 Å². The van der Waals surface area contributed by atoms with Gasteiger partial charge in [0.1, 0.15) is 0 Å². The van der Waals surface area contributed by atoms with Crippen molar-refractivity contribution in [3.63, 3.8) is 0 Å². The van der Waals surface area contributed by atoms with Crippen LogP contribution in [0.25, 0.3) is 0 Å². The number of carboxylic acids is 2. The number of unbranched alkanes of at least 4 members (excludes halogenated alkanes) is 9. The summed E-state index contributed by atoms with van der Waals surface area (Å²) in [4.78, 5) is 19.1. The van der Waals surface area contributed by atoms with Crippen LogP contribution in [0, 0.1) is 0 Å². The Morgan fingerprint density at radius 3 is 1.50 bits per heavy atom. The van der Waals surface area contributed by atoms with Gasteiger partial charge in [0.25, 0.3) is 0 Å². The molecule has 0 unspecified atom stereocenters. The van der Waals surface area contributed by atoms with E-state index in [2.05, 4.69) is 11.1 Å². The minimum Gasteiger partial charge on any atom is -1.00 e. The first-order valence-corrected chi connectivity index (χ1v) is 9.81. The molecule has 0 aliphatic heterocycles. The molecule has 3 N–H and O–H groups in total. The van der Waals surface area contributed by atoms with Gasteiger partial charge in [0.15, 0.2) is 0 Å². The molecular weight excluding hydrogens is 375 g/mol. The van der Waals surface area contributed by atoms with Gasteiger partial charge in [0.2, 0.25) is 0 Å². The van der Waals surface area contributed by atoms with E-state index >= 15 is 0 Å². The molecular formula is C16H31NaO8S. The van der Waals surface area contributed by atoms with E-state index in [1.54, 1.807) is 0 Å². The number of hydrogen-bond donors (Lipinski definition) is 3. The molecule has 0 heterocycles. The van der Waals surface area contributed by atoms with Gasteiger partial charge >= 0.3 is 51.9 Å². The number of carboxylic acid groups (broad SMARTS) is 2. The molecule has 0 saturated heterocycles. The number of aliphatic carboxylic acids is 2. The van der Waals surface area contributed by atoms with Gasteiger partial charge in [-0.2, -0.15) is 8.42 Å². The minimum atomic E-state index is -4.23. The van der Waals surface area contributed by atoms with Gasteiger partial charge in [-0.3, -0.25) is 4.55 Å². The third-order valence-corrected chi connectivity index (χ3v) is 3.56. The Kier molecular flexibility index (Phi) is 24.3. The standard InChI is InChI=1S/C12H26O4S.C4H4O4.Na.H/c1-2-3-4-5-6-7-8-9-10-11-12-16-17(13,14)15;5-3(6)1-2-4(7)8;;/h2-12H2,1H3,(H,13,14,15);1-2H,(H,5,6)(H,7,8);;/q;;+1;-1/b;2-1-;;. The number of carbonyl (C=O) groups is 2. The summed E-state index contributed by atoms with van der Waals surface area (Å²) in [6, 6.07) is 0. The number of hydrogen-bond acceptors (Lipinski definition) is 5. The van der Waals surface area contributed by atoms with Crippen LogP contribution in [0.1, 0.15) is 72.6 Å². The van der Waals surface area contributed by atoms with Crippen molar-refractivity contribution in [2.24, 2.45) is 0 Å². The molecule has 10 heteroatoms. The van der Waals surface area contributed by atoms with E-state index < -0.39 is 22.3 Å². The van der Waals surface area contributed by atoms with Crippen LogP contribution < -0.4 is 29.6 Å². The van der Waals surface area contributed by atoms with Crippen LogP contribution in [0.5, 0.6) is 0 Å². The summed E-state index contributed by atoms with van der Waals surface area (Å²) in [6.07, 6.45) is 13.0. The Morgan fingerprint density at radius 1 is 0.846 bits per heavy atom. The first-order valence-electron chi connectivity index (χ1n) is 8.44. The van der Waals surface area contributed by atoms with E-state index in [-0.39, 0.29) is 37.6 Å². The van der Waals surface area contributed by atoms with Crippen LogP contribution in [0.15, 0.2) is 12.2 Å². The van der Waals surface area contributed by atoms with Crippen molar-refractivity contribution in [2.45, 2.75) is 71.1 Å². The van der Waals surface area contributed by atoms with Gasteiger partial charge < -0.3 is 11.6 Å². The second-order valence-electron chi connectivity index (χ2n) is 5.44. The first-order chi connectivity index (χ1) is 11.7. The fraction of sp³-hybridized carbons (Fsp3) is 0.750. The molecule has 0 aliphatic carbocycles. The summed E-state index contributed by atoms with van der Waals surface area (Å²) < 4.78 is 33.0. The fourth-order valence-electron chi connectivity index (χ4n) is 1.90. The van der Waals surface area contributed by atoms with Crippen molar-refractivity contribution in [3.8, 4) is 0 Å². The Balaban J connectivity index is -0.000000226. The molecule has 0 aromatic carbocycles. The van der Waals surface area contributed by atoms with Crippen molar-refractivity contribution in [1.82, 2.24) is 0 Å². The maximum Gasteiger partial charge on any atom is 1.00 e. The second-order valence-corrected chi connectivity index (χ2v) is 6.53. The molecule has 0 aromatic rings. The normalized spacial score (nSPS) is 10.7. The van der Waals surface area contributed by atoms with Crippen molar-refractivity contribution >= 4 is 22.3 Å². The molecule has 0 aliphatic rings. The number of rotatable bonds is 14. The van der Waals surface area contributed by atoms with Gasteiger partial charge in [-0.25, -0.2) is 13.8 Å². The molecule has 0 fully saturated rings. The molecule has 26 heavy (non-hydrogen) atoms. The summed E-state index contributed by atoms with van der Waals surface area (Å²) in [6.45, 7) is 2.31. The molecule has 0 atom stereocenters. The molecule has 0 amide bonds. The Hall–Kier alpha value is -0.450. The summed E-state index contributed by atoms with van der Waals surface area (Å²) >= 11 is 0. The Morgan fingerprint density at radius 2 is 1.19 bits per heavy atom. The van der Waals surface area contributed by atoms with Gasteiger partial charge in [0.05, 0.1) is 6.61 Å². The zero-order chi connectivity index (χ0) is 19.6. The monoisotopic (exact) mass is 406 g/mol. The van der Waals surface area contributed by atoms with Crippen LogP contribution in [0.2, 0.25) is 0 Å². The third kappa shape index (κ3) is 34.8. The van der Waals surface area contributed by atoms with E-state index in [1.807, 2.05) is 0 Å². The summed E-state index contributed by atoms with van der Waals surface area (Å²) in [7, 11) is -4.23. The maximum atomic E-state index is 10.2. The second kappa shape index (κ2) is 20.9. The van der Waals surface area contributed by atoms with Crippen molar-refractivity contribution in [2.75, 3.05) is 6.61 Å². The van der Waals surface area contributed by atoms with E-state index in [9.17, 15) is 18.0 Å². The average Bonchev–Trinajstić information content (AvgIpc) is 2.50. The first kappa shape index (κ1) is 30.3. The van der Waals surface area contributed by atoms with Crippen LogP contribution in [0.4, 0.5) is 0 Å². The molecule has 0 saturated carbocycles. The Bertz CT molecular complexity index is 467. The summed E-state index contributed by atoms with van der Waals surface area (Å²) in [5, 5.41) is 15.6. The van der Waals surface area contributed by atoms with Crippen LogP contribution in [-0.2, 0) is 24.2 Å². The third-order valence-electron chi connectivity index (χ3n) is 3.10. The van der Waals surface area contributed by atoms with Gasteiger partial charge in [-0.1, -0.05) is 64.7 Å². The SMILES string of the molecule is CCCCCCCCCCCCOS(=O)(=O)O.O=C(O)/C=C\C(=O)O.[H-].[Na+]. The average molecular weight is 406 g/mol. The quantitative estimate of drug-likeness (QED) is 0.165. The minimum absolute atomic E-state index is 0. The van der Waals surface area contributed by atoms with Crippen LogP contribution >= 0.6 is 0 Å². The van der Waals surface area contributed by atoms with E-state index in [0.717, 1.165) is 12.8 Å². The summed E-state index contributed by atoms with van der Waals surface area (Å²) in [5.74, 6) is -2.51. The fourth-order valence-corrected chi connectivity index (χ4v) is 2.22. The van der Waals surface area contributed by atoms with Gasteiger partial charge in [0, 0.05) is 12.2 Å². The largest absolute Gasteiger partial charge is 1.00 e. The molecule has 0 bridgehead atoms. The van der Waals surface area contributed by atoms with Crippen molar-refractivity contribution < 1.29 is 67.9 Å². The van der Waals surface area contributed by atoms with E-state index in [4.69, 9.17) is 14.8 Å². The van der Waals surface area contributed by atoms with Crippen molar-refractivity contribution in [1.29, 1.82) is 0 Å². The molecule has 8 nitrogen and oxygen atoms in total. The predicted molar refractivity (Wildman–Crippen MR) is 94.9 cm³/mol. The van der Waals surface area contributed by atoms with Crippen LogP contribution in [-0.4, -0.2) is 41.7 Å². The zero-order valence-corrected chi connectivity index (χ0v) is 18.5. The van der Waals surface area contributed by atoms with E-state index in [1.165, 1.54) is 44.9 Å².